The fourth-order valence-corrected chi connectivity index (χ4v) is 4.70. The Kier molecular flexibility index (Phi) is 5.20. The molecule has 144 valence electrons. The summed E-state index contributed by atoms with van der Waals surface area (Å²) in [5.74, 6) is 1.23. The van der Waals surface area contributed by atoms with E-state index in [1.807, 2.05) is 13.8 Å². The molecule has 2 aliphatic rings. The van der Waals surface area contributed by atoms with Gasteiger partial charge in [-0.1, -0.05) is 0 Å². The molecule has 0 bridgehead atoms. The molecule has 2 aliphatic heterocycles. The summed E-state index contributed by atoms with van der Waals surface area (Å²) < 4.78 is 35.9. The van der Waals surface area contributed by atoms with Crippen LogP contribution in [-0.2, 0) is 23.1 Å². The lowest BCUT2D eigenvalue weighted by molar-refractivity contribution is -0.0578. The van der Waals surface area contributed by atoms with E-state index in [0.717, 1.165) is 0 Å². The van der Waals surface area contributed by atoms with E-state index < -0.39 is 42.2 Å². The molecule has 9 nitrogen and oxygen atoms in total. The van der Waals surface area contributed by atoms with Crippen molar-refractivity contribution in [2.24, 2.45) is 0 Å². The van der Waals surface area contributed by atoms with Gasteiger partial charge < -0.3 is 14.0 Å². The number of alkyl halides is 1. The monoisotopic (exact) mass is 406 g/mol. The van der Waals surface area contributed by atoms with Gasteiger partial charge in [0, 0.05) is 12.3 Å². The molecular weight excluding hydrogens is 387 g/mol. The fourth-order valence-electron chi connectivity index (χ4n) is 2.83. The molecule has 26 heavy (non-hydrogen) atoms. The number of nitrogens with zero attached hydrogens (tertiary/aromatic N) is 1. The van der Waals surface area contributed by atoms with Crippen molar-refractivity contribution in [2.75, 3.05) is 6.61 Å². The minimum Gasteiger partial charge on any atom is -0.498 e. The van der Waals surface area contributed by atoms with Crippen molar-refractivity contribution in [3.05, 3.63) is 45.2 Å². The van der Waals surface area contributed by atoms with Gasteiger partial charge in [-0.25, -0.2) is 4.79 Å². The average molecular weight is 407 g/mol. The second-order valence-electron chi connectivity index (χ2n) is 6.53. The molecule has 3 heterocycles. The fraction of sp³-hybridized carbons (Fsp3) is 0.600. The zero-order valence-electron chi connectivity index (χ0n) is 14.5. The molecule has 0 aromatic carbocycles. The van der Waals surface area contributed by atoms with Gasteiger partial charge in [-0.3, -0.25) is 23.4 Å². The highest BCUT2D eigenvalue weighted by atomic mass is 35.5. The Labute approximate surface area is 154 Å². The largest absolute Gasteiger partial charge is 0.498 e. The number of fused-ring (bicyclic) bond motifs is 1. The lowest BCUT2D eigenvalue weighted by Gasteiger charge is -2.34. The van der Waals surface area contributed by atoms with E-state index in [4.69, 9.17) is 30.1 Å². The van der Waals surface area contributed by atoms with Gasteiger partial charge in [-0.15, -0.1) is 11.6 Å². The summed E-state index contributed by atoms with van der Waals surface area (Å²) in [5, 5.41) is 0. The van der Waals surface area contributed by atoms with E-state index in [2.05, 4.69) is 4.98 Å². The van der Waals surface area contributed by atoms with Crippen LogP contribution in [0.4, 0.5) is 0 Å². The Hall–Kier alpha value is -1.38. The molecule has 0 spiro atoms. The van der Waals surface area contributed by atoms with Crippen LogP contribution >= 0.6 is 19.2 Å². The highest BCUT2D eigenvalue weighted by Gasteiger charge is 2.59. The molecule has 11 heteroatoms. The maximum Gasteiger partial charge on any atom is 0.357 e. The van der Waals surface area contributed by atoms with E-state index in [1.165, 1.54) is 28.9 Å². The Balaban J connectivity index is 1.85. The SMILES string of the molecule is CC(C)OC=CP1(=O)OCC2OC(n3ccc(=O)[nH]c3=O)C(C)(Cl)C2O1. The van der Waals surface area contributed by atoms with Crippen molar-refractivity contribution in [3.63, 3.8) is 0 Å². The molecule has 5 unspecified atom stereocenters. The summed E-state index contributed by atoms with van der Waals surface area (Å²) in [6.07, 6.45) is 0.131. The van der Waals surface area contributed by atoms with Gasteiger partial charge in [0.15, 0.2) is 6.23 Å². The Morgan fingerprint density at radius 2 is 2.23 bits per heavy atom. The molecular formula is C15H20ClN2O7P. The van der Waals surface area contributed by atoms with Gasteiger partial charge in [0.1, 0.15) is 17.1 Å². The molecule has 0 aliphatic carbocycles. The molecule has 2 saturated heterocycles. The van der Waals surface area contributed by atoms with Crippen LogP contribution in [0.15, 0.2) is 33.9 Å². The summed E-state index contributed by atoms with van der Waals surface area (Å²) in [4.78, 5) is 24.3. The number of hydrogen-bond donors (Lipinski definition) is 1. The van der Waals surface area contributed by atoms with Crippen LogP contribution in [0.1, 0.15) is 27.0 Å². The van der Waals surface area contributed by atoms with Gasteiger partial charge >= 0.3 is 13.3 Å². The molecule has 1 N–H and O–H groups in total. The van der Waals surface area contributed by atoms with Crippen LogP contribution in [0.3, 0.4) is 0 Å². The number of rotatable bonds is 4. The van der Waals surface area contributed by atoms with E-state index in [-0.39, 0.29) is 12.7 Å². The second-order valence-corrected chi connectivity index (χ2v) is 9.19. The maximum atomic E-state index is 12.8. The highest BCUT2D eigenvalue weighted by molar-refractivity contribution is 7.57. The lowest BCUT2D eigenvalue weighted by atomic mass is 10.0. The predicted octanol–water partition coefficient (Wildman–Crippen LogP) is 1.94. The summed E-state index contributed by atoms with van der Waals surface area (Å²) in [6.45, 7) is 5.24. The first-order valence-electron chi connectivity index (χ1n) is 8.04. The maximum absolute atomic E-state index is 12.8. The van der Waals surface area contributed by atoms with Crippen molar-refractivity contribution in [1.82, 2.24) is 9.55 Å². The molecule has 5 atom stereocenters. The minimum atomic E-state index is -3.57. The molecule has 1 aromatic rings. The van der Waals surface area contributed by atoms with Gasteiger partial charge in [0.25, 0.3) is 5.56 Å². The number of nitrogens with one attached hydrogen (secondary N) is 1. The number of aromatic amines is 1. The third-order valence-corrected chi connectivity index (χ3v) is 5.98. The molecule has 3 rings (SSSR count). The molecule has 2 fully saturated rings. The first-order chi connectivity index (χ1) is 12.1. The quantitative estimate of drug-likeness (QED) is 0.462. The van der Waals surface area contributed by atoms with Crippen LogP contribution in [0.25, 0.3) is 0 Å². The molecule has 0 radical (unpaired) electrons. The third-order valence-electron chi connectivity index (χ3n) is 4.06. The number of hydrogen-bond acceptors (Lipinski definition) is 7. The first-order valence-corrected chi connectivity index (χ1v) is 10.0. The summed E-state index contributed by atoms with van der Waals surface area (Å²) >= 11 is 6.63. The van der Waals surface area contributed by atoms with Gasteiger partial charge in [0.2, 0.25) is 0 Å². The number of H-pyrrole nitrogens is 1. The van der Waals surface area contributed by atoms with Crippen molar-refractivity contribution in [2.45, 2.75) is 50.2 Å². The van der Waals surface area contributed by atoms with Gasteiger partial charge in [-0.05, 0) is 20.8 Å². The number of aromatic nitrogens is 2. The summed E-state index contributed by atoms with van der Waals surface area (Å²) in [5.41, 5.74) is -1.19. The number of ether oxygens (including phenoxy) is 2. The van der Waals surface area contributed by atoms with Crippen molar-refractivity contribution in [3.8, 4) is 0 Å². The third kappa shape index (κ3) is 3.68. The molecule has 1 aromatic heterocycles. The average Bonchev–Trinajstić information content (AvgIpc) is 2.78. The van der Waals surface area contributed by atoms with Crippen molar-refractivity contribution in [1.29, 1.82) is 0 Å². The minimum absolute atomic E-state index is 0.0229. The first kappa shape index (κ1) is 19.4. The molecule has 0 amide bonds. The van der Waals surface area contributed by atoms with Crippen molar-refractivity contribution < 1.29 is 23.1 Å². The zero-order valence-corrected chi connectivity index (χ0v) is 16.1. The normalized spacial score (nSPS) is 37.2. The summed E-state index contributed by atoms with van der Waals surface area (Å²) in [6, 6.07) is 1.19. The standard InChI is InChI=1S/C15H20ClN2O7P/c1-9(2)22-6-7-26(21)23-8-10-12(25-26)15(3,16)13(24-10)18-5-4-11(19)17-14(18)20/h4-7,9-10,12-13H,8H2,1-3H3,(H,17,19,20). The topological polar surface area (TPSA) is 109 Å². The van der Waals surface area contributed by atoms with Crippen LogP contribution in [-0.4, -0.2) is 39.3 Å². The van der Waals surface area contributed by atoms with E-state index in [0.29, 0.717) is 0 Å². The van der Waals surface area contributed by atoms with Gasteiger partial charge in [0.05, 0.1) is 24.8 Å². The second kappa shape index (κ2) is 6.98. The highest BCUT2D eigenvalue weighted by Crippen LogP contribution is 2.60. The van der Waals surface area contributed by atoms with Crippen LogP contribution < -0.4 is 11.2 Å². The van der Waals surface area contributed by atoms with Crippen LogP contribution in [0.2, 0.25) is 0 Å². The smallest absolute Gasteiger partial charge is 0.357 e. The van der Waals surface area contributed by atoms with Crippen LogP contribution in [0.5, 0.6) is 0 Å². The van der Waals surface area contributed by atoms with E-state index >= 15 is 0 Å². The molecule has 0 saturated carbocycles. The van der Waals surface area contributed by atoms with Gasteiger partial charge in [-0.2, -0.15) is 0 Å². The van der Waals surface area contributed by atoms with E-state index in [9.17, 15) is 14.2 Å². The zero-order chi connectivity index (χ0) is 19.1. The lowest BCUT2D eigenvalue weighted by Crippen LogP contribution is -2.45. The number of halogens is 1. The van der Waals surface area contributed by atoms with Crippen LogP contribution in [0, 0.1) is 0 Å². The predicted molar refractivity (Wildman–Crippen MR) is 93.3 cm³/mol. The van der Waals surface area contributed by atoms with E-state index in [1.54, 1.807) is 6.92 Å². The van der Waals surface area contributed by atoms with Crippen molar-refractivity contribution >= 4 is 19.2 Å². The summed E-state index contributed by atoms with van der Waals surface area (Å²) in [7, 11) is -3.57. The Bertz CT molecular complexity index is 862. The Morgan fingerprint density at radius 3 is 2.88 bits per heavy atom. The Morgan fingerprint density at radius 1 is 1.50 bits per heavy atom.